The third-order valence-corrected chi connectivity index (χ3v) is 4.49. The Hall–Kier alpha value is -1.56. The van der Waals surface area contributed by atoms with Crippen LogP contribution in [-0.4, -0.2) is 43.4 Å². The number of rotatable bonds is 9. The van der Waals surface area contributed by atoms with E-state index < -0.39 is 6.10 Å². The van der Waals surface area contributed by atoms with E-state index in [1.54, 1.807) is 11.3 Å². The second-order valence-corrected chi connectivity index (χ2v) is 6.85. The Bertz CT molecular complexity index is 555. The molecule has 0 aliphatic carbocycles. The van der Waals surface area contributed by atoms with Crippen LogP contribution in [0.4, 0.5) is 5.69 Å². The number of nitrogens with one attached hydrogen (secondary N) is 1. The molecule has 2 unspecified atom stereocenters. The Morgan fingerprint density at radius 2 is 1.96 bits per heavy atom. The fourth-order valence-electron chi connectivity index (χ4n) is 2.38. The highest BCUT2D eigenvalue weighted by Crippen LogP contribution is 2.27. The lowest BCUT2D eigenvalue weighted by atomic mass is 10.1. The van der Waals surface area contributed by atoms with Gasteiger partial charge in [0.15, 0.2) is 0 Å². The van der Waals surface area contributed by atoms with Gasteiger partial charge in [-0.2, -0.15) is 0 Å². The number of hydrogen-bond acceptors (Lipinski definition) is 5. The zero-order valence-electron chi connectivity index (χ0n) is 14.0. The van der Waals surface area contributed by atoms with Crippen molar-refractivity contribution >= 4 is 17.0 Å². The molecular formula is C18H26N2O2S. The van der Waals surface area contributed by atoms with Crippen molar-refractivity contribution in [2.24, 2.45) is 0 Å². The van der Waals surface area contributed by atoms with Gasteiger partial charge >= 0.3 is 0 Å². The summed E-state index contributed by atoms with van der Waals surface area (Å²) in [6, 6.07) is 12.5. The van der Waals surface area contributed by atoms with E-state index in [0.717, 1.165) is 17.9 Å². The minimum atomic E-state index is -0.480. The van der Waals surface area contributed by atoms with E-state index in [2.05, 4.69) is 29.8 Å². The average Bonchev–Trinajstić information content (AvgIpc) is 3.05. The Kier molecular flexibility index (Phi) is 6.89. The van der Waals surface area contributed by atoms with Gasteiger partial charge in [-0.1, -0.05) is 13.0 Å². The van der Waals surface area contributed by atoms with Gasteiger partial charge < -0.3 is 20.1 Å². The maximum Gasteiger partial charge on any atom is 0.119 e. The Morgan fingerprint density at radius 3 is 2.52 bits per heavy atom. The van der Waals surface area contributed by atoms with Crippen molar-refractivity contribution in [1.29, 1.82) is 0 Å². The van der Waals surface area contributed by atoms with E-state index in [9.17, 15) is 5.11 Å². The summed E-state index contributed by atoms with van der Waals surface area (Å²) in [5.74, 6) is 0.775. The summed E-state index contributed by atoms with van der Waals surface area (Å²) in [5.41, 5.74) is 1.08. The minimum Gasteiger partial charge on any atom is -0.491 e. The zero-order chi connectivity index (χ0) is 16.7. The molecular weight excluding hydrogens is 308 g/mol. The molecule has 126 valence electrons. The fraction of sp³-hybridized carbons (Fsp3) is 0.444. The quantitative estimate of drug-likeness (QED) is 0.735. The maximum absolute atomic E-state index is 9.81. The van der Waals surface area contributed by atoms with Gasteiger partial charge in [-0.3, -0.25) is 0 Å². The Morgan fingerprint density at radius 1 is 1.22 bits per heavy atom. The van der Waals surface area contributed by atoms with E-state index in [0.29, 0.717) is 19.2 Å². The average molecular weight is 334 g/mol. The first-order valence-electron chi connectivity index (χ1n) is 7.94. The summed E-state index contributed by atoms with van der Waals surface area (Å²) in [6.45, 7) is 3.08. The lowest BCUT2D eigenvalue weighted by molar-refractivity contribution is 0.0831. The van der Waals surface area contributed by atoms with Crippen LogP contribution in [0.15, 0.2) is 41.8 Å². The number of likely N-dealkylation sites (N-methyl/N-ethyl adjacent to an activating group) is 1. The topological polar surface area (TPSA) is 44.7 Å². The van der Waals surface area contributed by atoms with Gasteiger partial charge in [-0.25, -0.2) is 0 Å². The van der Waals surface area contributed by atoms with Crippen molar-refractivity contribution in [3.63, 3.8) is 0 Å². The highest BCUT2D eigenvalue weighted by Gasteiger charge is 2.10. The van der Waals surface area contributed by atoms with Crippen LogP contribution in [0.25, 0.3) is 0 Å². The van der Waals surface area contributed by atoms with Gasteiger partial charge in [0.05, 0.1) is 6.04 Å². The van der Waals surface area contributed by atoms with Crippen LogP contribution in [-0.2, 0) is 0 Å². The van der Waals surface area contributed by atoms with E-state index in [1.165, 1.54) is 4.88 Å². The number of hydrogen-bond donors (Lipinski definition) is 2. The molecule has 0 aliphatic rings. The molecule has 0 fully saturated rings. The van der Waals surface area contributed by atoms with Crippen molar-refractivity contribution in [2.45, 2.75) is 25.5 Å². The van der Waals surface area contributed by atoms with Crippen LogP contribution in [0, 0.1) is 0 Å². The van der Waals surface area contributed by atoms with Crippen LogP contribution in [0.2, 0.25) is 0 Å². The van der Waals surface area contributed by atoms with Crippen molar-refractivity contribution in [2.75, 3.05) is 32.6 Å². The van der Waals surface area contributed by atoms with E-state index in [1.807, 2.05) is 43.3 Å². The van der Waals surface area contributed by atoms with Crippen LogP contribution < -0.4 is 10.1 Å². The Labute approximate surface area is 142 Å². The molecule has 2 atom stereocenters. The molecule has 0 aliphatic heterocycles. The fourth-order valence-corrected chi connectivity index (χ4v) is 3.24. The van der Waals surface area contributed by atoms with Gasteiger partial charge in [-0.15, -0.1) is 11.3 Å². The number of benzene rings is 1. The van der Waals surface area contributed by atoms with Crippen molar-refractivity contribution < 1.29 is 9.84 Å². The predicted molar refractivity (Wildman–Crippen MR) is 97.5 cm³/mol. The van der Waals surface area contributed by atoms with Gasteiger partial charge in [0, 0.05) is 17.1 Å². The van der Waals surface area contributed by atoms with E-state index in [-0.39, 0.29) is 0 Å². The van der Waals surface area contributed by atoms with Crippen molar-refractivity contribution in [3.8, 4) is 5.75 Å². The number of anilines is 1. The third kappa shape index (κ3) is 5.86. The summed E-state index contributed by atoms with van der Waals surface area (Å²) < 4.78 is 5.62. The lowest BCUT2D eigenvalue weighted by Gasteiger charge is -2.18. The zero-order valence-corrected chi connectivity index (χ0v) is 14.8. The van der Waals surface area contributed by atoms with Gasteiger partial charge in [0.25, 0.3) is 0 Å². The van der Waals surface area contributed by atoms with Gasteiger partial charge in [0.1, 0.15) is 18.5 Å². The number of nitrogens with zero attached hydrogens (tertiary/aromatic N) is 1. The number of ether oxygens (including phenoxy) is 1. The number of aliphatic hydroxyl groups excluding tert-OH is 1. The smallest absolute Gasteiger partial charge is 0.119 e. The third-order valence-electron chi connectivity index (χ3n) is 3.51. The standard InChI is InChI=1S/C18H26N2O2S/c1-4-17(18-6-5-11-23-18)19-14-7-9-16(10-8-14)22-13-15(21)12-20(2)3/h5-11,15,17,19,21H,4,12-13H2,1-3H3. The summed E-state index contributed by atoms with van der Waals surface area (Å²) in [7, 11) is 3.86. The normalized spacial score (nSPS) is 13.8. The van der Waals surface area contributed by atoms with Crippen molar-refractivity contribution in [3.05, 3.63) is 46.7 Å². The molecule has 0 amide bonds. The Balaban J connectivity index is 1.86. The van der Waals surface area contributed by atoms with Crippen LogP contribution in [0.3, 0.4) is 0 Å². The molecule has 2 N–H and O–H groups in total. The van der Waals surface area contributed by atoms with Crippen LogP contribution >= 0.6 is 11.3 Å². The first-order valence-corrected chi connectivity index (χ1v) is 8.82. The molecule has 0 spiro atoms. The molecule has 0 saturated heterocycles. The summed E-state index contributed by atoms with van der Waals surface area (Å²) in [5, 5.41) is 15.5. The number of thiophene rings is 1. The first kappa shape index (κ1) is 17.8. The highest BCUT2D eigenvalue weighted by molar-refractivity contribution is 7.10. The predicted octanol–water partition coefficient (Wildman–Crippen LogP) is 3.61. The largest absolute Gasteiger partial charge is 0.491 e. The summed E-state index contributed by atoms with van der Waals surface area (Å²) >= 11 is 1.78. The minimum absolute atomic E-state index is 0.303. The SMILES string of the molecule is CCC(Nc1ccc(OCC(O)CN(C)C)cc1)c1cccs1. The first-order chi connectivity index (χ1) is 11.1. The monoisotopic (exact) mass is 334 g/mol. The second-order valence-electron chi connectivity index (χ2n) is 5.87. The van der Waals surface area contributed by atoms with Crippen LogP contribution in [0.1, 0.15) is 24.3 Å². The molecule has 2 rings (SSSR count). The molecule has 1 aromatic heterocycles. The summed E-state index contributed by atoms with van der Waals surface area (Å²) in [4.78, 5) is 3.29. The van der Waals surface area contributed by atoms with Gasteiger partial charge in [-0.05, 0) is 56.2 Å². The molecule has 0 radical (unpaired) electrons. The maximum atomic E-state index is 9.81. The molecule has 4 nitrogen and oxygen atoms in total. The molecule has 1 heterocycles. The molecule has 2 aromatic rings. The number of aliphatic hydroxyl groups is 1. The molecule has 0 saturated carbocycles. The molecule has 23 heavy (non-hydrogen) atoms. The van der Waals surface area contributed by atoms with Gasteiger partial charge in [0.2, 0.25) is 0 Å². The highest BCUT2D eigenvalue weighted by atomic mass is 32.1. The van der Waals surface area contributed by atoms with E-state index in [4.69, 9.17) is 4.74 Å². The van der Waals surface area contributed by atoms with Crippen LogP contribution in [0.5, 0.6) is 5.75 Å². The van der Waals surface area contributed by atoms with Crippen molar-refractivity contribution in [1.82, 2.24) is 4.90 Å². The molecule has 0 bridgehead atoms. The lowest BCUT2D eigenvalue weighted by Crippen LogP contribution is -2.30. The summed E-state index contributed by atoms with van der Waals surface area (Å²) in [6.07, 6.45) is 0.557. The second kappa shape index (κ2) is 8.91. The molecule has 1 aromatic carbocycles. The molecule has 5 heteroatoms. The van der Waals surface area contributed by atoms with E-state index >= 15 is 0 Å².